The second-order valence-electron chi connectivity index (χ2n) is 6.09. The van der Waals surface area contributed by atoms with E-state index in [9.17, 15) is 4.79 Å². The molecule has 134 valence electrons. The number of nitrogens with zero attached hydrogens (tertiary/aromatic N) is 1. The summed E-state index contributed by atoms with van der Waals surface area (Å²) in [4.78, 5) is 17.7. The number of amides is 1. The maximum Gasteiger partial charge on any atom is 0.264 e. The lowest BCUT2D eigenvalue weighted by Gasteiger charge is -2.07. The number of hydrogen-bond donors (Lipinski definition) is 1. The molecule has 1 aromatic heterocycles. The van der Waals surface area contributed by atoms with Crippen LogP contribution in [0.25, 0.3) is 11.3 Å². The van der Waals surface area contributed by atoms with E-state index in [1.54, 1.807) is 0 Å². The maximum atomic E-state index is 12.2. The third-order valence-electron chi connectivity index (χ3n) is 3.73. The molecule has 4 nitrogen and oxygen atoms in total. The van der Waals surface area contributed by atoms with E-state index in [2.05, 4.69) is 16.4 Å². The van der Waals surface area contributed by atoms with Crippen LogP contribution < -0.4 is 10.1 Å². The average molecular weight is 387 g/mol. The van der Waals surface area contributed by atoms with E-state index in [0.717, 1.165) is 27.3 Å². The minimum absolute atomic E-state index is 0.0577. The van der Waals surface area contributed by atoms with Crippen molar-refractivity contribution in [2.45, 2.75) is 20.8 Å². The topological polar surface area (TPSA) is 51.2 Å². The van der Waals surface area contributed by atoms with Gasteiger partial charge in [-0.25, -0.2) is 4.98 Å². The predicted octanol–water partition coefficient (Wildman–Crippen LogP) is 5.41. The summed E-state index contributed by atoms with van der Waals surface area (Å²) < 4.78 is 5.59. The first-order chi connectivity index (χ1) is 12.4. The van der Waals surface area contributed by atoms with Gasteiger partial charge in [-0.15, -0.1) is 11.3 Å². The molecule has 2 aromatic carbocycles. The second-order valence-corrected chi connectivity index (χ2v) is 7.73. The third kappa shape index (κ3) is 4.62. The Labute approximate surface area is 161 Å². The molecule has 0 atom stereocenters. The van der Waals surface area contributed by atoms with E-state index in [1.165, 1.54) is 11.3 Å². The van der Waals surface area contributed by atoms with Gasteiger partial charge in [-0.3, -0.25) is 10.1 Å². The molecule has 3 rings (SSSR count). The lowest BCUT2D eigenvalue weighted by atomic mass is 10.1. The zero-order valence-corrected chi connectivity index (χ0v) is 16.4. The van der Waals surface area contributed by atoms with E-state index in [4.69, 9.17) is 16.3 Å². The Hall–Kier alpha value is -2.37. The minimum Gasteiger partial charge on any atom is -0.484 e. The fourth-order valence-corrected chi connectivity index (χ4v) is 3.62. The van der Waals surface area contributed by atoms with Crippen LogP contribution in [0.5, 0.6) is 5.75 Å². The molecule has 0 spiro atoms. The van der Waals surface area contributed by atoms with Gasteiger partial charge in [-0.2, -0.15) is 0 Å². The summed E-state index contributed by atoms with van der Waals surface area (Å²) in [7, 11) is 0. The van der Waals surface area contributed by atoms with Crippen LogP contribution in [0.4, 0.5) is 5.13 Å². The zero-order chi connectivity index (χ0) is 18.7. The van der Waals surface area contributed by atoms with Gasteiger partial charge in [-0.05, 0) is 56.2 Å². The molecule has 1 heterocycles. The van der Waals surface area contributed by atoms with Crippen molar-refractivity contribution in [2.24, 2.45) is 0 Å². The molecule has 1 amide bonds. The Morgan fingerprint density at radius 2 is 1.77 bits per heavy atom. The van der Waals surface area contributed by atoms with Crippen molar-refractivity contribution in [1.82, 2.24) is 4.98 Å². The van der Waals surface area contributed by atoms with Crippen LogP contribution in [-0.4, -0.2) is 17.5 Å². The Balaban J connectivity index is 1.64. The predicted molar refractivity (Wildman–Crippen MR) is 107 cm³/mol. The quantitative estimate of drug-likeness (QED) is 0.638. The van der Waals surface area contributed by atoms with Crippen molar-refractivity contribution in [3.63, 3.8) is 0 Å². The first-order valence-corrected chi connectivity index (χ1v) is 9.34. The van der Waals surface area contributed by atoms with E-state index in [1.807, 2.05) is 57.2 Å². The average Bonchev–Trinajstić information content (AvgIpc) is 2.93. The van der Waals surface area contributed by atoms with Gasteiger partial charge in [0.2, 0.25) is 0 Å². The van der Waals surface area contributed by atoms with Crippen LogP contribution in [0.15, 0.2) is 42.5 Å². The van der Waals surface area contributed by atoms with E-state index in [-0.39, 0.29) is 12.5 Å². The molecule has 0 fully saturated rings. The lowest BCUT2D eigenvalue weighted by molar-refractivity contribution is -0.118. The number of aromatic nitrogens is 1. The van der Waals surface area contributed by atoms with E-state index >= 15 is 0 Å². The summed E-state index contributed by atoms with van der Waals surface area (Å²) in [6.07, 6.45) is 0. The van der Waals surface area contributed by atoms with Crippen LogP contribution in [0.1, 0.15) is 16.0 Å². The van der Waals surface area contributed by atoms with Crippen LogP contribution in [0, 0.1) is 20.8 Å². The lowest BCUT2D eigenvalue weighted by Crippen LogP contribution is -2.20. The monoisotopic (exact) mass is 386 g/mol. The molecule has 0 saturated carbocycles. The van der Waals surface area contributed by atoms with Gasteiger partial charge in [0.1, 0.15) is 5.75 Å². The van der Waals surface area contributed by atoms with Crippen LogP contribution in [0.2, 0.25) is 5.02 Å². The molecular formula is C20H19ClN2O2S. The summed E-state index contributed by atoms with van der Waals surface area (Å²) in [5, 5.41) is 4.04. The Bertz CT molecular complexity index is 915. The van der Waals surface area contributed by atoms with Gasteiger partial charge < -0.3 is 4.74 Å². The van der Waals surface area contributed by atoms with Crippen LogP contribution in [-0.2, 0) is 4.79 Å². The highest BCUT2D eigenvalue weighted by atomic mass is 35.5. The van der Waals surface area contributed by atoms with Crippen molar-refractivity contribution >= 4 is 34.0 Å². The number of ether oxygens (including phenoxy) is 1. The summed E-state index contributed by atoms with van der Waals surface area (Å²) in [5.74, 6) is 0.454. The molecule has 0 aliphatic heterocycles. The molecule has 3 aromatic rings. The van der Waals surface area contributed by atoms with Crippen LogP contribution in [0.3, 0.4) is 0 Å². The molecule has 0 bridgehead atoms. The maximum absolute atomic E-state index is 12.2. The molecule has 0 aliphatic rings. The first kappa shape index (κ1) is 18.4. The van der Waals surface area contributed by atoms with Gasteiger partial charge in [0.15, 0.2) is 11.7 Å². The zero-order valence-electron chi connectivity index (χ0n) is 14.8. The molecule has 0 radical (unpaired) electrons. The van der Waals surface area contributed by atoms with Crippen molar-refractivity contribution in [3.05, 3.63) is 63.5 Å². The first-order valence-electron chi connectivity index (χ1n) is 8.15. The largest absolute Gasteiger partial charge is 0.484 e. The Morgan fingerprint density at radius 1 is 1.12 bits per heavy atom. The smallest absolute Gasteiger partial charge is 0.264 e. The van der Waals surface area contributed by atoms with Gasteiger partial charge in [0, 0.05) is 15.5 Å². The number of benzene rings is 2. The number of nitrogens with one attached hydrogen (secondary N) is 1. The molecule has 0 unspecified atom stereocenters. The summed E-state index contributed by atoms with van der Waals surface area (Å²) in [6.45, 7) is 5.91. The molecule has 6 heteroatoms. The van der Waals surface area contributed by atoms with Crippen molar-refractivity contribution in [2.75, 3.05) is 11.9 Å². The van der Waals surface area contributed by atoms with Gasteiger partial charge in [-0.1, -0.05) is 29.8 Å². The van der Waals surface area contributed by atoms with Crippen molar-refractivity contribution in [3.8, 4) is 17.0 Å². The molecule has 0 saturated heterocycles. The third-order valence-corrected chi connectivity index (χ3v) is 4.86. The molecule has 0 aliphatic carbocycles. The molecular weight excluding hydrogens is 368 g/mol. The SMILES string of the molecule is Cc1cc(C)cc(OCC(=O)Nc2nc(-c3ccc(Cl)cc3)c(C)s2)c1. The number of aryl methyl sites for hydroxylation is 3. The summed E-state index contributed by atoms with van der Waals surface area (Å²) >= 11 is 7.37. The standard InChI is InChI=1S/C20H19ClN2O2S/c1-12-8-13(2)10-17(9-12)25-11-18(24)22-20-23-19(14(3)26-20)15-4-6-16(21)7-5-15/h4-10H,11H2,1-3H3,(H,22,23,24). The fraction of sp³-hybridized carbons (Fsp3) is 0.200. The van der Waals surface area contributed by atoms with Crippen molar-refractivity contribution in [1.29, 1.82) is 0 Å². The number of thiazole rings is 1. The normalized spacial score (nSPS) is 10.6. The van der Waals surface area contributed by atoms with Crippen LogP contribution >= 0.6 is 22.9 Å². The molecule has 26 heavy (non-hydrogen) atoms. The number of carbonyl (C=O) groups excluding carboxylic acids is 1. The Kier molecular flexibility index (Phi) is 5.59. The summed E-state index contributed by atoms with van der Waals surface area (Å²) in [5.41, 5.74) is 4.01. The number of anilines is 1. The minimum atomic E-state index is -0.236. The Morgan fingerprint density at radius 3 is 2.42 bits per heavy atom. The second kappa shape index (κ2) is 7.89. The summed E-state index contributed by atoms with van der Waals surface area (Å²) in [6, 6.07) is 13.4. The van der Waals surface area contributed by atoms with Crippen molar-refractivity contribution < 1.29 is 9.53 Å². The fourth-order valence-electron chi connectivity index (χ4n) is 2.65. The number of halogens is 1. The number of rotatable bonds is 5. The molecule has 1 N–H and O–H groups in total. The highest BCUT2D eigenvalue weighted by molar-refractivity contribution is 7.16. The van der Waals surface area contributed by atoms with Gasteiger partial charge >= 0.3 is 0 Å². The van der Waals surface area contributed by atoms with E-state index < -0.39 is 0 Å². The van der Waals surface area contributed by atoms with Gasteiger partial charge in [0.05, 0.1) is 5.69 Å². The number of hydrogen-bond acceptors (Lipinski definition) is 4. The van der Waals surface area contributed by atoms with Gasteiger partial charge in [0.25, 0.3) is 5.91 Å². The van der Waals surface area contributed by atoms with E-state index in [0.29, 0.717) is 15.9 Å². The number of carbonyl (C=O) groups is 1. The highest BCUT2D eigenvalue weighted by Crippen LogP contribution is 2.31. The highest BCUT2D eigenvalue weighted by Gasteiger charge is 2.12.